The summed E-state index contributed by atoms with van der Waals surface area (Å²) in [5.74, 6) is 0. The number of nitrogens with zero attached hydrogens (tertiary/aromatic N) is 3. The van der Waals surface area contributed by atoms with E-state index in [4.69, 9.17) is 0 Å². The number of halogens is 3. The molecule has 2 heterocycles. The number of benzene rings is 1. The molecule has 0 saturated heterocycles. The maximum Gasteiger partial charge on any atom is 0.417 e. The second-order valence-corrected chi connectivity index (χ2v) is 5.79. The SMILES string of the molecule is CCN1CCCc2cc(-c3cnn(CC)c3)c(C(F)(F)F)cc21. The minimum absolute atomic E-state index is 0.230. The molecule has 0 radical (unpaired) electrons. The smallest absolute Gasteiger partial charge is 0.372 e. The number of aromatic nitrogens is 2. The molecule has 0 N–H and O–H groups in total. The Balaban J connectivity index is 2.18. The van der Waals surface area contributed by atoms with Crippen molar-refractivity contribution in [1.82, 2.24) is 9.78 Å². The first kappa shape index (κ1) is 15.9. The van der Waals surface area contributed by atoms with Crippen LogP contribution in [0.5, 0.6) is 0 Å². The highest BCUT2D eigenvalue weighted by atomic mass is 19.4. The largest absolute Gasteiger partial charge is 0.417 e. The Bertz CT molecular complexity index is 704. The van der Waals surface area contributed by atoms with Gasteiger partial charge in [0.05, 0.1) is 11.8 Å². The molecule has 6 heteroatoms. The predicted octanol–water partition coefficient (Wildman–Crippen LogP) is 4.36. The van der Waals surface area contributed by atoms with E-state index < -0.39 is 11.7 Å². The molecule has 0 spiro atoms. The number of fused-ring (bicyclic) bond motifs is 1. The highest BCUT2D eigenvalue weighted by molar-refractivity contribution is 5.73. The highest BCUT2D eigenvalue weighted by Gasteiger charge is 2.36. The van der Waals surface area contributed by atoms with Crippen LogP contribution in [0.4, 0.5) is 18.9 Å². The van der Waals surface area contributed by atoms with Gasteiger partial charge < -0.3 is 4.90 Å². The van der Waals surface area contributed by atoms with Crippen molar-refractivity contribution in [3.05, 3.63) is 35.7 Å². The topological polar surface area (TPSA) is 21.1 Å². The summed E-state index contributed by atoms with van der Waals surface area (Å²) in [7, 11) is 0. The predicted molar refractivity (Wildman–Crippen MR) is 84.5 cm³/mol. The van der Waals surface area contributed by atoms with Crippen LogP contribution in [-0.2, 0) is 19.1 Å². The molecule has 1 aromatic carbocycles. The zero-order valence-corrected chi connectivity index (χ0v) is 13.3. The van der Waals surface area contributed by atoms with Crippen molar-refractivity contribution >= 4 is 5.69 Å². The molecule has 1 aromatic heterocycles. The molecule has 0 fully saturated rings. The van der Waals surface area contributed by atoms with Crippen LogP contribution in [0.25, 0.3) is 11.1 Å². The summed E-state index contributed by atoms with van der Waals surface area (Å²) < 4.78 is 42.4. The van der Waals surface area contributed by atoms with E-state index in [0.717, 1.165) is 37.2 Å². The van der Waals surface area contributed by atoms with Gasteiger partial charge in [-0.2, -0.15) is 18.3 Å². The van der Waals surface area contributed by atoms with E-state index >= 15 is 0 Å². The molecule has 0 saturated carbocycles. The van der Waals surface area contributed by atoms with Crippen molar-refractivity contribution in [3.8, 4) is 11.1 Å². The number of anilines is 1. The van der Waals surface area contributed by atoms with Gasteiger partial charge in [0, 0.05) is 37.1 Å². The molecule has 0 unspecified atom stereocenters. The van der Waals surface area contributed by atoms with Gasteiger partial charge in [-0.25, -0.2) is 0 Å². The van der Waals surface area contributed by atoms with Gasteiger partial charge in [-0.3, -0.25) is 4.68 Å². The van der Waals surface area contributed by atoms with E-state index in [2.05, 4.69) is 5.10 Å². The standard InChI is InChI=1S/C17H20F3N3/c1-3-22-7-5-6-12-8-14(13-10-21-23(4-2)11-13)15(9-16(12)22)17(18,19)20/h8-11H,3-7H2,1-2H3. The van der Waals surface area contributed by atoms with Gasteiger partial charge in [-0.05, 0) is 49.9 Å². The lowest BCUT2D eigenvalue weighted by atomic mass is 9.93. The number of alkyl halides is 3. The van der Waals surface area contributed by atoms with Crippen molar-refractivity contribution in [1.29, 1.82) is 0 Å². The maximum atomic E-state index is 13.6. The molecular formula is C17H20F3N3. The van der Waals surface area contributed by atoms with Gasteiger partial charge >= 0.3 is 6.18 Å². The minimum atomic E-state index is -4.38. The Labute approximate surface area is 133 Å². The summed E-state index contributed by atoms with van der Waals surface area (Å²) in [6.07, 6.45) is 0.604. The average molecular weight is 323 g/mol. The van der Waals surface area contributed by atoms with Crippen LogP contribution >= 0.6 is 0 Å². The third kappa shape index (κ3) is 2.94. The van der Waals surface area contributed by atoms with Crippen LogP contribution in [0, 0.1) is 0 Å². The van der Waals surface area contributed by atoms with Crippen molar-refractivity contribution < 1.29 is 13.2 Å². The molecule has 1 aliphatic heterocycles. The second kappa shape index (κ2) is 5.91. The molecule has 0 aliphatic carbocycles. The average Bonchev–Trinajstić information content (AvgIpc) is 3.01. The number of hydrogen-bond donors (Lipinski definition) is 0. The lowest BCUT2D eigenvalue weighted by molar-refractivity contribution is -0.137. The molecule has 23 heavy (non-hydrogen) atoms. The van der Waals surface area contributed by atoms with Gasteiger partial charge in [-0.1, -0.05) is 0 Å². The monoisotopic (exact) mass is 323 g/mol. The van der Waals surface area contributed by atoms with Crippen LogP contribution < -0.4 is 4.90 Å². The maximum absolute atomic E-state index is 13.6. The number of rotatable bonds is 3. The highest BCUT2D eigenvalue weighted by Crippen LogP contribution is 2.42. The van der Waals surface area contributed by atoms with Crippen molar-refractivity contribution in [2.24, 2.45) is 0 Å². The van der Waals surface area contributed by atoms with E-state index in [1.54, 1.807) is 16.9 Å². The van der Waals surface area contributed by atoms with Crippen molar-refractivity contribution in [3.63, 3.8) is 0 Å². The van der Waals surface area contributed by atoms with E-state index in [9.17, 15) is 13.2 Å². The van der Waals surface area contributed by atoms with E-state index in [1.807, 2.05) is 18.7 Å². The van der Waals surface area contributed by atoms with Crippen LogP contribution in [0.1, 0.15) is 31.4 Å². The first-order chi connectivity index (χ1) is 10.9. The van der Waals surface area contributed by atoms with Gasteiger partial charge in [-0.15, -0.1) is 0 Å². The van der Waals surface area contributed by atoms with Crippen LogP contribution in [0.2, 0.25) is 0 Å². The molecule has 1 aliphatic rings. The lowest BCUT2D eigenvalue weighted by Gasteiger charge is -2.31. The first-order valence-electron chi connectivity index (χ1n) is 7.96. The molecule has 3 nitrogen and oxygen atoms in total. The van der Waals surface area contributed by atoms with Crippen LogP contribution in [0.15, 0.2) is 24.5 Å². The van der Waals surface area contributed by atoms with E-state index in [1.165, 1.54) is 12.3 Å². The number of hydrogen-bond acceptors (Lipinski definition) is 2. The fourth-order valence-electron chi connectivity index (χ4n) is 3.19. The van der Waals surface area contributed by atoms with Gasteiger partial charge in [0.25, 0.3) is 0 Å². The Hall–Kier alpha value is -1.98. The minimum Gasteiger partial charge on any atom is -0.372 e. The Morgan fingerprint density at radius 2 is 1.96 bits per heavy atom. The summed E-state index contributed by atoms with van der Waals surface area (Å²) >= 11 is 0. The van der Waals surface area contributed by atoms with Crippen LogP contribution in [-0.4, -0.2) is 22.9 Å². The summed E-state index contributed by atoms with van der Waals surface area (Å²) in [4.78, 5) is 2.02. The van der Waals surface area contributed by atoms with E-state index in [-0.39, 0.29) is 5.56 Å². The molecule has 0 atom stereocenters. The molecular weight excluding hydrogens is 303 g/mol. The Morgan fingerprint density at radius 1 is 1.17 bits per heavy atom. The quantitative estimate of drug-likeness (QED) is 0.837. The normalized spacial score (nSPS) is 14.9. The van der Waals surface area contributed by atoms with Gasteiger partial charge in [0.2, 0.25) is 0 Å². The van der Waals surface area contributed by atoms with Gasteiger partial charge in [0.1, 0.15) is 0 Å². The van der Waals surface area contributed by atoms with Crippen molar-refractivity contribution in [2.75, 3.05) is 18.0 Å². The zero-order valence-electron chi connectivity index (χ0n) is 13.3. The third-order valence-electron chi connectivity index (χ3n) is 4.39. The molecule has 0 amide bonds. The first-order valence-corrected chi connectivity index (χ1v) is 7.96. The Morgan fingerprint density at radius 3 is 2.57 bits per heavy atom. The van der Waals surface area contributed by atoms with E-state index in [0.29, 0.717) is 12.1 Å². The fourth-order valence-corrected chi connectivity index (χ4v) is 3.19. The van der Waals surface area contributed by atoms with Gasteiger partial charge in [0.15, 0.2) is 0 Å². The zero-order chi connectivity index (χ0) is 16.6. The van der Waals surface area contributed by atoms with Crippen molar-refractivity contribution in [2.45, 2.75) is 39.4 Å². The lowest BCUT2D eigenvalue weighted by Crippen LogP contribution is -2.29. The molecule has 0 bridgehead atoms. The molecule has 2 aromatic rings. The molecule has 3 rings (SSSR count). The van der Waals surface area contributed by atoms with Crippen LogP contribution in [0.3, 0.4) is 0 Å². The fraction of sp³-hybridized carbons (Fsp3) is 0.471. The summed E-state index contributed by atoms with van der Waals surface area (Å²) in [6.45, 7) is 6.05. The summed E-state index contributed by atoms with van der Waals surface area (Å²) in [5.41, 5.74) is 1.89. The summed E-state index contributed by atoms with van der Waals surface area (Å²) in [6, 6.07) is 3.02. The Kier molecular flexibility index (Phi) is 4.08. The second-order valence-electron chi connectivity index (χ2n) is 5.79. The number of aryl methyl sites for hydroxylation is 2. The molecule has 124 valence electrons. The summed E-state index contributed by atoms with van der Waals surface area (Å²) in [5, 5.41) is 4.12. The third-order valence-corrected chi connectivity index (χ3v) is 4.39.